The molecule has 1 aliphatic rings. The maximum absolute atomic E-state index is 4.75. The summed E-state index contributed by atoms with van der Waals surface area (Å²) in [6, 6.07) is 21.1. The minimum atomic E-state index is 0.951. The van der Waals surface area contributed by atoms with Crippen molar-refractivity contribution in [2.75, 3.05) is 36.0 Å². The average molecular weight is 369 g/mol. The summed E-state index contributed by atoms with van der Waals surface area (Å²) in [5.41, 5.74) is 5.84. The fourth-order valence-electron chi connectivity index (χ4n) is 3.98. The topological polar surface area (TPSA) is 36.7 Å². The molecule has 4 aromatic rings. The van der Waals surface area contributed by atoms with Crippen LogP contribution >= 0.6 is 0 Å². The van der Waals surface area contributed by atoms with Crippen molar-refractivity contribution in [3.8, 4) is 11.3 Å². The van der Waals surface area contributed by atoms with E-state index in [2.05, 4.69) is 59.2 Å². The smallest absolute Gasteiger partial charge is 0.154 e. The number of fused-ring (bicyclic) bond motifs is 1. The Morgan fingerprint density at radius 2 is 1.54 bits per heavy atom. The largest absolute Gasteiger partial charge is 0.368 e. The second kappa shape index (κ2) is 7.00. The van der Waals surface area contributed by atoms with Crippen LogP contribution < -0.4 is 9.80 Å². The van der Waals surface area contributed by atoms with Gasteiger partial charge in [-0.1, -0.05) is 48.5 Å². The van der Waals surface area contributed by atoms with Gasteiger partial charge in [-0.3, -0.25) is 0 Å². The van der Waals surface area contributed by atoms with E-state index >= 15 is 0 Å². The van der Waals surface area contributed by atoms with Gasteiger partial charge in [0.1, 0.15) is 5.52 Å². The van der Waals surface area contributed by atoms with Crippen LogP contribution in [0.5, 0.6) is 0 Å². The van der Waals surface area contributed by atoms with E-state index in [1.165, 1.54) is 11.3 Å². The lowest BCUT2D eigenvalue weighted by atomic mass is 10.1. The first-order valence-corrected chi connectivity index (χ1v) is 9.75. The van der Waals surface area contributed by atoms with Gasteiger partial charge in [0.25, 0.3) is 0 Å². The highest BCUT2D eigenvalue weighted by Gasteiger charge is 2.21. The number of aryl methyl sites for hydroxylation is 1. The molecule has 1 fully saturated rings. The SMILES string of the molecule is Cc1ccccc1N1CCN(c2nccn3nc(-c4ccccc4)cc23)CC1. The number of piperazine rings is 1. The third-order valence-corrected chi connectivity index (χ3v) is 5.47. The van der Waals surface area contributed by atoms with Crippen molar-refractivity contribution in [3.63, 3.8) is 0 Å². The standard InChI is InChI=1S/C23H23N5/c1-18-7-5-6-10-21(18)26-13-15-27(16-14-26)23-22-17-20(19-8-3-2-4-9-19)25-28(22)12-11-24-23/h2-12,17H,13-16H2,1H3. The number of benzene rings is 2. The van der Waals surface area contributed by atoms with E-state index in [1.54, 1.807) is 0 Å². The van der Waals surface area contributed by atoms with Gasteiger partial charge in [-0.2, -0.15) is 5.10 Å². The second-order valence-corrected chi connectivity index (χ2v) is 7.24. The van der Waals surface area contributed by atoms with Crippen LogP contribution in [0.4, 0.5) is 11.5 Å². The van der Waals surface area contributed by atoms with Crippen LogP contribution in [0.15, 0.2) is 73.1 Å². The van der Waals surface area contributed by atoms with E-state index in [9.17, 15) is 0 Å². The Morgan fingerprint density at radius 1 is 0.821 bits per heavy atom. The van der Waals surface area contributed by atoms with Gasteiger partial charge in [0.15, 0.2) is 5.82 Å². The van der Waals surface area contributed by atoms with Gasteiger partial charge in [0, 0.05) is 49.8 Å². The zero-order valence-electron chi connectivity index (χ0n) is 16.0. The molecule has 0 atom stereocenters. The highest BCUT2D eigenvalue weighted by Crippen LogP contribution is 2.27. The van der Waals surface area contributed by atoms with Crippen LogP contribution in [-0.2, 0) is 0 Å². The number of hydrogen-bond acceptors (Lipinski definition) is 4. The maximum atomic E-state index is 4.75. The number of anilines is 2. The number of aromatic nitrogens is 3. The first-order chi connectivity index (χ1) is 13.8. The molecule has 0 N–H and O–H groups in total. The predicted molar refractivity (Wildman–Crippen MR) is 114 cm³/mol. The normalized spacial score (nSPS) is 14.6. The van der Waals surface area contributed by atoms with Crippen LogP contribution in [0.3, 0.4) is 0 Å². The van der Waals surface area contributed by atoms with Crippen molar-refractivity contribution in [3.05, 3.63) is 78.6 Å². The Hall–Kier alpha value is -3.34. The fourth-order valence-corrected chi connectivity index (χ4v) is 3.98. The monoisotopic (exact) mass is 369 g/mol. The predicted octanol–water partition coefficient (Wildman–Crippen LogP) is 4.03. The van der Waals surface area contributed by atoms with Gasteiger partial charge in [0.2, 0.25) is 0 Å². The van der Waals surface area contributed by atoms with E-state index in [0.29, 0.717) is 0 Å². The van der Waals surface area contributed by atoms with E-state index < -0.39 is 0 Å². The van der Waals surface area contributed by atoms with E-state index in [4.69, 9.17) is 10.1 Å². The van der Waals surface area contributed by atoms with Crippen molar-refractivity contribution in [1.82, 2.24) is 14.6 Å². The zero-order chi connectivity index (χ0) is 18.9. The number of rotatable bonds is 3. The molecule has 5 heteroatoms. The minimum Gasteiger partial charge on any atom is -0.368 e. The lowest BCUT2D eigenvalue weighted by molar-refractivity contribution is 0.646. The number of para-hydroxylation sites is 1. The molecule has 0 bridgehead atoms. The van der Waals surface area contributed by atoms with Gasteiger partial charge in [-0.25, -0.2) is 9.50 Å². The highest BCUT2D eigenvalue weighted by molar-refractivity contribution is 5.75. The van der Waals surface area contributed by atoms with Gasteiger partial charge in [0.05, 0.1) is 5.69 Å². The van der Waals surface area contributed by atoms with Gasteiger partial charge in [-0.15, -0.1) is 0 Å². The molecule has 0 radical (unpaired) electrons. The molecular formula is C23H23N5. The van der Waals surface area contributed by atoms with Crippen LogP contribution in [0.1, 0.15) is 5.56 Å². The van der Waals surface area contributed by atoms with Crippen LogP contribution in [0.2, 0.25) is 0 Å². The summed E-state index contributed by atoms with van der Waals surface area (Å²) in [5.74, 6) is 1.02. The quantitative estimate of drug-likeness (QED) is 0.546. The molecule has 1 aliphatic heterocycles. The molecule has 0 saturated carbocycles. The average Bonchev–Trinajstić information content (AvgIpc) is 3.19. The first-order valence-electron chi connectivity index (χ1n) is 9.75. The van der Waals surface area contributed by atoms with Crippen molar-refractivity contribution < 1.29 is 0 Å². The Bertz CT molecular complexity index is 1090. The molecule has 3 heterocycles. The number of hydrogen-bond donors (Lipinski definition) is 0. The zero-order valence-corrected chi connectivity index (χ0v) is 16.0. The lowest BCUT2D eigenvalue weighted by Gasteiger charge is -2.37. The van der Waals surface area contributed by atoms with Crippen molar-refractivity contribution in [2.45, 2.75) is 6.92 Å². The molecule has 28 heavy (non-hydrogen) atoms. The van der Waals surface area contributed by atoms with E-state index in [1.807, 2.05) is 35.1 Å². The minimum absolute atomic E-state index is 0.951. The molecule has 5 rings (SSSR count). The summed E-state index contributed by atoms with van der Waals surface area (Å²) < 4.78 is 1.94. The first kappa shape index (κ1) is 16.8. The highest BCUT2D eigenvalue weighted by atomic mass is 15.3. The van der Waals surface area contributed by atoms with Crippen molar-refractivity contribution in [2.24, 2.45) is 0 Å². The molecular weight excluding hydrogens is 346 g/mol. The maximum Gasteiger partial charge on any atom is 0.154 e. The molecule has 1 saturated heterocycles. The van der Waals surface area contributed by atoms with Crippen molar-refractivity contribution >= 4 is 17.0 Å². The lowest BCUT2D eigenvalue weighted by Crippen LogP contribution is -2.47. The van der Waals surface area contributed by atoms with E-state index in [-0.39, 0.29) is 0 Å². The summed E-state index contributed by atoms with van der Waals surface area (Å²) in [5, 5.41) is 4.75. The molecule has 0 spiro atoms. The summed E-state index contributed by atoms with van der Waals surface area (Å²) >= 11 is 0. The van der Waals surface area contributed by atoms with Gasteiger partial charge < -0.3 is 9.80 Å². The van der Waals surface area contributed by atoms with Crippen molar-refractivity contribution in [1.29, 1.82) is 0 Å². The molecule has 5 nitrogen and oxygen atoms in total. The molecule has 2 aromatic heterocycles. The third-order valence-electron chi connectivity index (χ3n) is 5.47. The molecule has 2 aromatic carbocycles. The molecule has 0 unspecified atom stereocenters. The Morgan fingerprint density at radius 3 is 2.32 bits per heavy atom. The molecule has 0 amide bonds. The van der Waals surface area contributed by atoms with E-state index in [0.717, 1.165) is 48.8 Å². The molecule has 140 valence electrons. The Labute approximate surface area is 164 Å². The molecule has 0 aliphatic carbocycles. The number of nitrogens with zero attached hydrogens (tertiary/aromatic N) is 5. The van der Waals surface area contributed by atoms with Gasteiger partial charge >= 0.3 is 0 Å². The Kier molecular flexibility index (Phi) is 4.20. The Balaban J connectivity index is 1.41. The summed E-state index contributed by atoms with van der Waals surface area (Å²) in [7, 11) is 0. The van der Waals surface area contributed by atoms with Gasteiger partial charge in [-0.05, 0) is 24.6 Å². The fraction of sp³-hybridized carbons (Fsp3) is 0.217. The van der Waals surface area contributed by atoms with Crippen LogP contribution in [-0.4, -0.2) is 40.8 Å². The third kappa shape index (κ3) is 2.99. The summed E-state index contributed by atoms with van der Waals surface area (Å²) in [4.78, 5) is 9.55. The van der Waals surface area contributed by atoms with Crippen LogP contribution in [0.25, 0.3) is 16.8 Å². The van der Waals surface area contributed by atoms with Crippen LogP contribution in [0, 0.1) is 6.92 Å². The summed E-state index contributed by atoms with van der Waals surface area (Å²) in [6.07, 6.45) is 3.77. The summed E-state index contributed by atoms with van der Waals surface area (Å²) in [6.45, 7) is 6.07. The second-order valence-electron chi connectivity index (χ2n) is 7.24.